The van der Waals surface area contributed by atoms with E-state index in [1.165, 1.54) is 5.56 Å². The van der Waals surface area contributed by atoms with E-state index in [4.69, 9.17) is 10.5 Å². The highest BCUT2D eigenvalue weighted by Crippen LogP contribution is 2.20. The molecule has 0 saturated carbocycles. The Morgan fingerprint density at radius 3 is 2.25 bits per heavy atom. The third kappa shape index (κ3) is 6.91. The Labute approximate surface area is 118 Å². The Morgan fingerprint density at radius 2 is 1.75 bits per heavy atom. The summed E-state index contributed by atoms with van der Waals surface area (Å²) in [5.41, 5.74) is 8.00. The molecule has 5 heteroatoms. The second kappa shape index (κ2) is 7.64. The summed E-state index contributed by atoms with van der Waals surface area (Å²) in [6.45, 7) is 4.05. The maximum Gasteiger partial charge on any atom is 0.391 e. The van der Waals surface area contributed by atoms with Gasteiger partial charge in [-0.05, 0) is 23.5 Å². The summed E-state index contributed by atoms with van der Waals surface area (Å²) in [5, 5.41) is 0. The van der Waals surface area contributed by atoms with Gasteiger partial charge in [-0.15, -0.1) is 0 Å². The van der Waals surface area contributed by atoms with Gasteiger partial charge in [-0.2, -0.15) is 13.2 Å². The minimum atomic E-state index is -4.18. The molecule has 0 saturated heterocycles. The van der Waals surface area contributed by atoms with E-state index in [-0.39, 0.29) is 13.2 Å². The van der Waals surface area contributed by atoms with Crippen LogP contribution in [0.2, 0.25) is 0 Å². The van der Waals surface area contributed by atoms with Crippen molar-refractivity contribution in [1.29, 1.82) is 0 Å². The lowest BCUT2D eigenvalue weighted by atomic mass is 10.00. The van der Waals surface area contributed by atoms with E-state index in [1.807, 2.05) is 24.3 Å². The largest absolute Gasteiger partial charge is 0.391 e. The predicted molar refractivity (Wildman–Crippen MR) is 73.4 cm³/mol. The van der Waals surface area contributed by atoms with Gasteiger partial charge >= 0.3 is 6.18 Å². The van der Waals surface area contributed by atoms with Gasteiger partial charge < -0.3 is 10.5 Å². The third-order valence-electron chi connectivity index (χ3n) is 2.88. The van der Waals surface area contributed by atoms with Gasteiger partial charge in [0.1, 0.15) is 0 Å². The molecule has 0 fully saturated rings. The Kier molecular flexibility index (Phi) is 6.49. The monoisotopic (exact) mass is 289 g/mol. The van der Waals surface area contributed by atoms with Crippen LogP contribution < -0.4 is 5.73 Å². The molecule has 0 amide bonds. The van der Waals surface area contributed by atoms with E-state index in [9.17, 15) is 13.2 Å². The molecule has 0 aliphatic rings. The number of ether oxygens (including phenoxy) is 1. The molecule has 20 heavy (non-hydrogen) atoms. The third-order valence-corrected chi connectivity index (χ3v) is 2.88. The molecule has 1 atom stereocenters. The van der Waals surface area contributed by atoms with Crippen LogP contribution in [-0.2, 0) is 11.2 Å². The maximum absolute atomic E-state index is 11.9. The zero-order chi connectivity index (χ0) is 15.2. The van der Waals surface area contributed by atoms with Crippen molar-refractivity contribution in [2.24, 2.45) is 11.7 Å². The van der Waals surface area contributed by atoms with Crippen LogP contribution in [0.5, 0.6) is 0 Å². The van der Waals surface area contributed by atoms with Crippen molar-refractivity contribution in [3.8, 4) is 0 Å². The topological polar surface area (TPSA) is 35.2 Å². The van der Waals surface area contributed by atoms with E-state index in [0.717, 1.165) is 12.0 Å². The van der Waals surface area contributed by atoms with Crippen LogP contribution in [0.4, 0.5) is 13.2 Å². The summed E-state index contributed by atoms with van der Waals surface area (Å²) in [7, 11) is 0. The fourth-order valence-electron chi connectivity index (χ4n) is 1.87. The maximum atomic E-state index is 11.9. The molecule has 0 aromatic heterocycles. The number of benzene rings is 1. The Balaban J connectivity index is 2.38. The van der Waals surface area contributed by atoms with Crippen molar-refractivity contribution in [1.82, 2.24) is 0 Å². The molecule has 0 aliphatic heterocycles. The van der Waals surface area contributed by atoms with Crippen LogP contribution in [0, 0.1) is 5.92 Å². The summed E-state index contributed by atoms with van der Waals surface area (Å²) in [5.74, 6) is 0.584. The van der Waals surface area contributed by atoms with Gasteiger partial charge in [0.2, 0.25) is 0 Å². The standard InChI is InChI=1S/C15H22F3NO/c1-11(2)9-12-3-5-13(6-4-12)14(19)10-20-8-7-15(16,17)18/h3-6,11,14H,7-10,19H2,1-2H3. The molecular weight excluding hydrogens is 267 g/mol. The highest BCUT2D eigenvalue weighted by Gasteiger charge is 2.26. The zero-order valence-electron chi connectivity index (χ0n) is 11.9. The molecule has 2 nitrogen and oxygen atoms in total. The lowest BCUT2D eigenvalue weighted by Crippen LogP contribution is -2.19. The van der Waals surface area contributed by atoms with Crippen molar-refractivity contribution < 1.29 is 17.9 Å². The van der Waals surface area contributed by atoms with Crippen LogP contribution in [0.3, 0.4) is 0 Å². The van der Waals surface area contributed by atoms with E-state index >= 15 is 0 Å². The summed E-state index contributed by atoms with van der Waals surface area (Å²) in [6.07, 6.45) is -4.12. The Bertz CT molecular complexity index is 387. The molecule has 1 aromatic rings. The smallest absolute Gasteiger partial charge is 0.379 e. The molecular formula is C15H22F3NO. The first kappa shape index (κ1) is 17.0. The summed E-state index contributed by atoms with van der Waals surface area (Å²) >= 11 is 0. The lowest BCUT2D eigenvalue weighted by molar-refractivity contribution is -0.145. The van der Waals surface area contributed by atoms with Crippen molar-refractivity contribution in [2.45, 2.75) is 38.9 Å². The van der Waals surface area contributed by atoms with Gasteiger partial charge in [0, 0.05) is 0 Å². The van der Waals surface area contributed by atoms with Crippen LogP contribution in [0.15, 0.2) is 24.3 Å². The lowest BCUT2D eigenvalue weighted by Gasteiger charge is -2.14. The van der Waals surface area contributed by atoms with Crippen molar-refractivity contribution in [3.05, 3.63) is 35.4 Å². The minimum absolute atomic E-state index is 0.0968. The number of rotatable bonds is 7. The number of nitrogens with two attached hydrogens (primary N) is 1. The fraction of sp³-hybridized carbons (Fsp3) is 0.600. The number of hydrogen-bond acceptors (Lipinski definition) is 2. The van der Waals surface area contributed by atoms with Gasteiger partial charge in [0.05, 0.1) is 25.7 Å². The first-order valence-electron chi connectivity index (χ1n) is 6.77. The SMILES string of the molecule is CC(C)Cc1ccc(C(N)COCCC(F)(F)F)cc1. The molecule has 0 aliphatic carbocycles. The van der Waals surface area contributed by atoms with E-state index in [0.29, 0.717) is 5.92 Å². The molecule has 0 bridgehead atoms. The predicted octanol–water partition coefficient (Wildman–Crippen LogP) is 3.85. The van der Waals surface area contributed by atoms with Gasteiger partial charge in [-0.3, -0.25) is 0 Å². The number of halogens is 3. The summed E-state index contributed by atoms with van der Waals surface area (Å²) in [4.78, 5) is 0. The van der Waals surface area contributed by atoms with E-state index in [1.54, 1.807) is 0 Å². The van der Waals surface area contributed by atoms with Gasteiger partial charge in [-0.1, -0.05) is 38.1 Å². The highest BCUT2D eigenvalue weighted by molar-refractivity contribution is 5.25. The van der Waals surface area contributed by atoms with Crippen molar-refractivity contribution in [2.75, 3.05) is 13.2 Å². The van der Waals surface area contributed by atoms with Gasteiger partial charge in [0.25, 0.3) is 0 Å². The minimum Gasteiger partial charge on any atom is -0.379 e. The molecule has 1 aromatic carbocycles. The van der Waals surface area contributed by atoms with Gasteiger partial charge in [0.15, 0.2) is 0 Å². The molecule has 2 N–H and O–H groups in total. The summed E-state index contributed by atoms with van der Waals surface area (Å²) in [6, 6.07) is 7.44. The average Bonchev–Trinajstić information content (AvgIpc) is 2.33. The van der Waals surface area contributed by atoms with Crippen LogP contribution in [0.25, 0.3) is 0 Å². The molecule has 114 valence electrons. The molecule has 0 spiro atoms. The average molecular weight is 289 g/mol. The number of alkyl halides is 3. The first-order chi connectivity index (χ1) is 9.28. The van der Waals surface area contributed by atoms with E-state index < -0.39 is 18.6 Å². The van der Waals surface area contributed by atoms with Crippen molar-refractivity contribution in [3.63, 3.8) is 0 Å². The molecule has 0 heterocycles. The molecule has 0 radical (unpaired) electrons. The first-order valence-corrected chi connectivity index (χ1v) is 6.77. The highest BCUT2D eigenvalue weighted by atomic mass is 19.4. The van der Waals surface area contributed by atoms with Crippen LogP contribution in [-0.4, -0.2) is 19.4 Å². The second-order valence-electron chi connectivity index (χ2n) is 5.39. The fourth-order valence-corrected chi connectivity index (χ4v) is 1.87. The molecule has 1 unspecified atom stereocenters. The normalized spacial score (nSPS) is 13.8. The molecule has 1 rings (SSSR count). The quantitative estimate of drug-likeness (QED) is 0.774. The van der Waals surface area contributed by atoms with Crippen LogP contribution >= 0.6 is 0 Å². The van der Waals surface area contributed by atoms with Crippen LogP contribution in [0.1, 0.15) is 37.4 Å². The zero-order valence-corrected chi connectivity index (χ0v) is 11.9. The van der Waals surface area contributed by atoms with Crippen molar-refractivity contribution >= 4 is 0 Å². The Morgan fingerprint density at radius 1 is 1.15 bits per heavy atom. The Hall–Kier alpha value is -1.07. The van der Waals surface area contributed by atoms with E-state index in [2.05, 4.69) is 13.8 Å². The number of hydrogen-bond donors (Lipinski definition) is 1. The second-order valence-corrected chi connectivity index (χ2v) is 5.39. The summed E-state index contributed by atoms with van der Waals surface area (Å²) < 4.78 is 40.8. The van der Waals surface area contributed by atoms with Gasteiger partial charge in [-0.25, -0.2) is 0 Å².